The number of nitrogens with zero attached hydrogens (tertiary/aromatic N) is 2. The summed E-state index contributed by atoms with van der Waals surface area (Å²) < 4.78 is 5.22. The molecule has 0 fully saturated rings. The lowest BCUT2D eigenvalue weighted by molar-refractivity contribution is 0.414. The number of para-hydroxylation sites is 2. The summed E-state index contributed by atoms with van der Waals surface area (Å²) in [5, 5.41) is 3.25. The third kappa shape index (κ3) is 2.91. The monoisotopic (exact) mass is 295 g/mol. The van der Waals surface area contributed by atoms with Crippen LogP contribution >= 0.6 is 0 Å². The van der Waals surface area contributed by atoms with E-state index >= 15 is 0 Å². The Kier molecular flexibility index (Phi) is 4.02. The number of hydrazine groups is 1. The first-order chi connectivity index (χ1) is 10.8. The van der Waals surface area contributed by atoms with Gasteiger partial charge in [0.15, 0.2) is 11.6 Å². The molecule has 3 aromatic rings. The van der Waals surface area contributed by atoms with E-state index in [1.165, 1.54) is 0 Å². The number of anilines is 2. The van der Waals surface area contributed by atoms with E-state index in [0.717, 1.165) is 22.3 Å². The van der Waals surface area contributed by atoms with Gasteiger partial charge < -0.3 is 15.5 Å². The summed E-state index contributed by atoms with van der Waals surface area (Å²) in [6.07, 6.45) is 0. The van der Waals surface area contributed by atoms with Crippen LogP contribution in [0.2, 0.25) is 0 Å². The molecule has 4 N–H and O–H groups in total. The molecule has 0 saturated carbocycles. The normalized spacial score (nSPS) is 10.5. The minimum absolute atomic E-state index is 0.515. The van der Waals surface area contributed by atoms with Crippen LogP contribution in [-0.2, 0) is 6.54 Å². The second-order valence-electron chi connectivity index (χ2n) is 4.76. The number of fused-ring (bicyclic) bond motifs is 1. The zero-order valence-electron chi connectivity index (χ0n) is 12.2. The van der Waals surface area contributed by atoms with Crippen LogP contribution in [0.1, 0.15) is 5.56 Å². The highest BCUT2D eigenvalue weighted by molar-refractivity contribution is 5.80. The molecule has 1 heterocycles. The summed E-state index contributed by atoms with van der Waals surface area (Å²) in [5.41, 5.74) is 5.27. The predicted octanol–water partition coefficient (Wildman–Crippen LogP) is 2.54. The minimum atomic E-state index is 0.515. The number of methoxy groups -OCH3 is 1. The van der Waals surface area contributed by atoms with E-state index in [1.807, 2.05) is 48.5 Å². The molecule has 3 rings (SSSR count). The molecule has 0 amide bonds. The molecule has 6 nitrogen and oxygen atoms in total. The number of nitrogens with two attached hydrogens (primary N) is 1. The van der Waals surface area contributed by atoms with Gasteiger partial charge in [-0.2, -0.15) is 0 Å². The highest BCUT2D eigenvalue weighted by atomic mass is 16.5. The Balaban J connectivity index is 1.86. The van der Waals surface area contributed by atoms with Crippen LogP contribution in [0.15, 0.2) is 48.5 Å². The van der Waals surface area contributed by atoms with Crippen molar-refractivity contribution in [2.75, 3.05) is 17.9 Å². The summed E-state index contributed by atoms with van der Waals surface area (Å²) in [7, 11) is 1.65. The number of nitrogen functional groups attached to an aromatic ring is 1. The predicted molar refractivity (Wildman–Crippen MR) is 87.7 cm³/mol. The van der Waals surface area contributed by atoms with Crippen LogP contribution in [0, 0.1) is 0 Å². The summed E-state index contributed by atoms with van der Waals surface area (Å²) in [6.45, 7) is 0.596. The first-order valence-electron chi connectivity index (χ1n) is 6.90. The first-order valence-corrected chi connectivity index (χ1v) is 6.90. The van der Waals surface area contributed by atoms with Gasteiger partial charge in [-0.1, -0.05) is 24.3 Å². The van der Waals surface area contributed by atoms with Gasteiger partial charge in [0.2, 0.25) is 0 Å². The van der Waals surface area contributed by atoms with E-state index in [-0.39, 0.29) is 0 Å². The Morgan fingerprint density at radius 2 is 1.73 bits per heavy atom. The van der Waals surface area contributed by atoms with Crippen molar-refractivity contribution in [1.82, 2.24) is 9.97 Å². The van der Waals surface area contributed by atoms with E-state index in [9.17, 15) is 0 Å². The van der Waals surface area contributed by atoms with Crippen molar-refractivity contribution in [2.45, 2.75) is 6.54 Å². The number of hydrogen-bond donors (Lipinski definition) is 3. The highest BCUT2D eigenvalue weighted by Gasteiger charge is 2.07. The smallest absolute Gasteiger partial charge is 0.183 e. The molecule has 0 aliphatic heterocycles. The average molecular weight is 295 g/mol. The molecular formula is C16H17N5O. The minimum Gasteiger partial charge on any atom is -0.497 e. The zero-order valence-corrected chi connectivity index (χ0v) is 12.2. The van der Waals surface area contributed by atoms with Gasteiger partial charge in [-0.25, -0.2) is 15.8 Å². The maximum atomic E-state index is 5.54. The average Bonchev–Trinajstić information content (AvgIpc) is 2.59. The molecule has 0 spiro atoms. The fraction of sp³-hybridized carbons (Fsp3) is 0.125. The quantitative estimate of drug-likeness (QED) is 0.495. The summed E-state index contributed by atoms with van der Waals surface area (Å²) >= 11 is 0. The molecule has 0 atom stereocenters. The molecular weight excluding hydrogens is 278 g/mol. The lowest BCUT2D eigenvalue weighted by atomic mass is 10.2. The van der Waals surface area contributed by atoms with Crippen molar-refractivity contribution in [1.29, 1.82) is 0 Å². The number of ether oxygens (including phenoxy) is 1. The molecule has 0 aliphatic rings. The maximum absolute atomic E-state index is 5.54. The van der Waals surface area contributed by atoms with E-state index in [4.69, 9.17) is 10.6 Å². The summed E-state index contributed by atoms with van der Waals surface area (Å²) in [4.78, 5) is 9.01. The number of nitrogens with one attached hydrogen (secondary N) is 2. The molecule has 1 aromatic heterocycles. The summed E-state index contributed by atoms with van der Waals surface area (Å²) in [6, 6.07) is 15.5. The number of hydrogen-bond acceptors (Lipinski definition) is 6. The second-order valence-corrected chi connectivity index (χ2v) is 4.76. The van der Waals surface area contributed by atoms with Gasteiger partial charge in [-0.15, -0.1) is 0 Å². The van der Waals surface area contributed by atoms with E-state index in [0.29, 0.717) is 18.2 Å². The largest absolute Gasteiger partial charge is 0.497 e. The Morgan fingerprint density at radius 3 is 2.41 bits per heavy atom. The van der Waals surface area contributed by atoms with E-state index in [2.05, 4.69) is 20.7 Å². The van der Waals surface area contributed by atoms with Crippen molar-refractivity contribution >= 4 is 22.7 Å². The Labute approximate surface area is 128 Å². The maximum Gasteiger partial charge on any atom is 0.183 e. The number of rotatable bonds is 5. The standard InChI is InChI=1S/C16H17N5O/c1-22-12-6-4-5-11(9-12)10-18-15-16(21-17)20-14-8-3-2-7-13(14)19-15/h2-9H,10,17H2,1H3,(H,18,19)(H,20,21). The molecule has 0 radical (unpaired) electrons. The SMILES string of the molecule is COc1cccc(CNc2nc3ccccc3nc2NN)c1. The van der Waals surface area contributed by atoms with Crippen molar-refractivity contribution < 1.29 is 4.74 Å². The van der Waals surface area contributed by atoms with Gasteiger partial charge in [-0.3, -0.25) is 0 Å². The van der Waals surface area contributed by atoms with Crippen molar-refractivity contribution in [3.8, 4) is 5.75 Å². The van der Waals surface area contributed by atoms with Crippen LogP contribution in [0.3, 0.4) is 0 Å². The Bertz CT molecular complexity index is 790. The van der Waals surface area contributed by atoms with E-state index < -0.39 is 0 Å². The Morgan fingerprint density at radius 1 is 1.00 bits per heavy atom. The molecule has 6 heteroatoms. The van der Waals surface area contributed by atoms with Gasteiger partial charge in [-0.05, 0) is 29.8 Å². The Hall–Kier alpha value is -2.86. The summed E-state index contributed by atoms with van der Waals surface area (Å²) in [5.74, 6) is 7.49. The number of aromatic nitrogens is 2. The first kappa shape index (κ1) is 14.1. The molecule has 112 valence electrons. The number of benzene rings is 2. The highest BCUT2D eigenvalue weighted by Crippen LogP contribution is 2.21. The van der Waals surface area contributed by atoms with Crippen LogP contribution < -0.4 is 21.3 Å². The van der Waals surface area contributed by atoms with Gasteiger partial charge >= 0.3 is 0 Å². The van der Waals surface area contributed by atoms with Gasteiger partial charge in [0.25, 0.3) is 0 Å². The van der Waals surface area contributed by atoms with Crippen LogP contribution in [0.5, 0.6) is 5.75 Å². The zero-order chi connectivity index (χ0) is 15.4. The molecule has 0 unspecified atom stereocenters. The molecule has 0 bridgehead atoms. The second kappa shape index (κ2) is 6.28. The topological polar surface area (TPSA) is 85.1 Å². The fourth-order valence-corrected chi connectivity index (χ4v) is 2.19. The fourth-order valence-electron chi connectivity index (χ4n) is 2.19. The molecule has 2 aromatic carbocycles. The lowest BCUT2D eigenvalue weighted by Gasteiger charge is -2.11. The molecule has 0 aliphatic carbocycles. The van der Waals surface area contributed by atoms with Crippen molar-refractivity contribution in [3.05, 3.63) is 54.1 Å². The van der Waals surface area contributed by atoms with Crippen LogP contribution in [0.25, 0.3) is 11.0 Å². The molecule has 22 heavy (non-hydrogen) atoms. The molecule has 0 saturated heterocycles. The lowest BCUT2D eigenvalue weighted by Crippen LogP contribution is -2.13. The van der Waals surface area contributed by atoms with Gasteiger partial charge in [0.1, 0.15) is 5.75 Å². The van der Waals surface area contributed by atoms with Crippen LogP contribution in [0.4, 0.5) is 11.6 Å². The van der Waals surface area contributed by atoms with Crippen LogP contribution in [-0.4, -0.2) is 17.1 Å². The third-order valence-corrected chi connectivity index (χ3v) is 3.30. The third-order valence-electron chi connectivity index (χ3n) is 3.30. The van der Waals surface area contributed by atoms with E-state index in [1.54, 1.807) is 7.11 Å². The van der Waals surface area contributed by atoms with Gasteiger partial charge in [0.05, 0.1) is 18.1 Å². The van der Waals surface area contributed by atoms with Gasteiger partial charge in [0, 0.05) is 6.54 Å². The van der Waals surface area contributed by atoms with Crippen molar-refractivity contribution in [3.63, 3.8) is 0 Å². The van der Waals surface area contributed by atoms with Crippen molar-refractivity contribution in [2.24, 2.45) is 5.84 Å².